The Labute approximate surface area is 152 Å². The molecule has 1 saturated heterocycles. The molecule has 2 bridgehead atoms. The van der Waals surface area contributed by atoms with E-state index < -0.39 is 10.0 Å². The quantitative estimate of drug-likeness (QED) is 0.832. The first-order chi connectivity index (χ1) is 11.9. The molecule has 1 aromatic rings. The van der Waals surface area contributed by atoms with Crippen LogP contribution in [-0.2, 0) is 10.0 Å². The number of rotatable bonds is 4. The molecule has 2 aliphatic carbocycles. The maximum absolute atomic E-state index is 12.6. The summed E-state index contributed by atoms with van der Waals surface area (Å²) >= 11 is 5.98. The number of fused-ring (bicyclic) bond motifs is 5. The monoisotopic (exact) mass is 383 g/mol. The van der Waals surface area contributed by atoms with Crippen molar-refractivity contribution in [3.05, 3.63) is 28.8 Å². The highest BCUT2D eigenvalue weighted by molar-refractivity contribution is 7.89. The zero-order valence-corrected chi connectivity index (χ0v) is 15.6. The number of nitrogens with one attached hydrogen (secondary N) is 2. The standard InChI is InChI=1S/C17H22ClN3O3S/c1-19-25(23,24)16-7-12(4-5-15(16)18)17(22)20-21-8-13-10-2-3-11(6-10)14(13)9-21/h4-5,7,10-11,13-14,19H,2-3,6,8-9H2,1H3,(H,20,22). The van der Waals surface area contributed by atoms with E-state index in [0.29, 0.717) is 17.4 Å². The Balaban J connectivity index is 1.48. The van der Waals surface area contributed by atoms with Crippen LogP contribution in [0.1, 0.15) is 29.6 Å². The Hall–Kier alpha value is -1.15. The van der Waals surface area contributed by atoms with Crippen LogP contribution in [0.5, 0.6) is 0 Å². The van der Waals surface area contributed by atoms with Gasteiger partial charge in [-0.2, -0.15) is 0 Å². The van der Waals surface area contributed by atoms with Crippen molar-refractivity contribution < 1.29 is 13.2 Å². The molecule has 4 rings (SSSR count). The van der Waals surface area contributed by atoms with E-state index in [1.807, 2.05) is 5.01 Å². The molecule has 3 aliphatic rings. The molecular formula is C17H22ClN3O3S. The van der Waals surface area contributed by atoms with Crippen LogP contribution >= 0.6 is 11.6 Å². The average Bonchev–Trinajstić information content (AvgIpc) is 3.27. The van der Waals surface area contributed by atoms with Gasteiger partial charge in [-0.1, -0.05) is 11.6 Å². The molecule has 1 aliphatic heterocycles. The van der Waals surface area contributed by atoms with Gasteiger partial charge in [0.15, 0.2) is 0 Å². The molecule has 1 heterocycles. The van der Waals surface area contributed by atoms with E-state index in [2.05, 4.69) is 10.1 Å². The maximum Gasteiger partial charge on any atom is 0.265 e. The average molecular weight is 384 g/mol. The van der Waals surface area contributed by atoms with Crippen LogP contribution in [0.4, 0.5) is 0 Å². The highest BCUT2D eigenvalue weighted by Gasteiger charge is 2.51. The van der Waals surface area contributed by atoms with E-state index in [0.717, 1.165) is 24.9 Å². The molecule has 2 saturated carbocycles. The number of halogens is 1. The summed E-state index contributed by atoms with van der Waals surface area (Å²) in [5.41, 5.74) is 3.23. The van der Waals surface area contributed by atoms with Crippen molar-refractivity contribution in [2.75, 3.05) is 20.1 Å². The summed E-state index contributed by atoms with van der Waals surface area (Å²) in [6.45, 7) is 1.79. The van der Waals surface area contributed by atoms with Gasteiger partial charge in [-0.3, -0.25) is 10.2 Å². The molecule has 25 heavy (non-hydrogen) atoms. The molecule has 8 heteroatoms. The molecule has 1 aromatic carbocycles. The van der Waals surface area contributed by atoms with Crippen molar-refractivity contribution in [3.63, 3.8) is 0 Å². The maximum atomic E-state index is 12.6. The Morgan fingerprint density at radius 1 is 1.20 bits per heavy atom. The number of benzene rings is 1. The second kappa shape index (κ2) is 6.23. The molecule has 136 valence electrons. The SMILES string of the molecule is CNS(=O)(=O)c1cc(C(=O)NN2CC3C4CCC(C4)C3C2)ccc1Cl. The van der Waals surface area contributed by atoms with Gasteiger partial charge in [-0.15, -0.1) is 0 Å². The molecule has 6 nitrogen and oxygen atoms in total. The van der Waals surface area contributed by atoms with Gasteiger partial charge in [0.2, 0.25) is 10.0 Å². The lowest BCUT2D eigenvalue weighted by atomic mass is 9.82. The topological polar surface area (TPSA) is 78.5 Å². The van der Waals surface area contributed by atoms with Gasteiger partial charge < -0.3 is 0 Å². The Kier molecular flexibility index (Phi) is 4.30. The second-order valence-corrected chi connectivity index (χ2v) is 9.62. The van der Waals surface area contributed by atoms with E-state index in [4.69, 9.17) is 11.6 Å². The number of carbonyl (C=O) groups excluding carboxylic acids is 1. The number of nitrogens with zero attached hydrogens (tertiary/aromatic N) is 1. The first-order valence-electron chi connectivity index (χ1n) is 8.68. The third-order valence-electron chi connectivity index (χ3n) is 6.15. The Morgan fingerprint density at radius 3 is 2.44 bits per heavy atom. The number of sulfonamides is 1. The largest absolute Gasteiger partial charge is 0.285 e. The zero-order valence-electron chi connectivity index (χ0n) is 14.0. The predicted molar refractivity (Wildman–Crippen MR) is 94.5 cm³/mol. The molecule has 0 aromatic heterocycles. The van der Waals surface area contributed by atoms with Gasteiger partial charge in [0.25, 0.3) is 5.91 Å². The summed E-state index contributed by atoms with van der Waals surface area (Å²) in [5.74, 6) is 2.74. The van der Waals surface area contributed by atoms with E-state index in [1.54, 1.807) is 6.07 Å². The molecule has 0 radical (unpaired) electrons. The fourth-order valence-electron chi connectivity index (χ4n) is 4.94. The highest BCUT2D eigenvalue weighted by atomic mass is 35.5. The summed E-state index contributed by atoms with van der Waals surface area (Å²) in [6, 6.07) is 4.32. The van der Waals surface area contributed by atoms with Crippen LogP contribution < -0.4 is 10.1 Å². The zero-order chi connectivity index (χ0) is 17.8. The van der Waals surface area contributed by atoms with Crippen molar-refractivity contribution in [1.82, 2.24) is 15.2 Å². The molecule has 0 spiro atoms. The number of hydrazine groups is 1. The summed E-state index contributed by atoms with van der Waals surface area (Å²) < 4.78 is 26.3. The van der Waals surface area contributed by atoms with Crippen molar-refractivity contribution in [2.24, 2.45) is 23.7 Å². The van der Waals surface area contributed by atoms with Crippen LogP contribution in [0.25, 0.3) is 0 Å². The molecule has 2 N–H and O–H groups in total. The minimum absolute atomic E-state index is 0.0827. The summed E-state index contributed by atoms with van der Waals surface area (Å²) in [5, 5.41) is 2.10. The number of amides is 1. The highest BCUT2D eigenvalue weighted by Crippen LogP contribution is 2.54. The van der Waals surface area contributed by atoms with Gasteiger partial charge in [-0.05, 0) is 68.2 Å². The van der Waals surface area contributed by atoms with Gasteiger partial charge in [-0.25, -0.2) is 18.1 Å². The summed E-state index contributed by atoms with van der Waals surface area (Å²) in [4.78, 5) is 12.5. The van der Waals surface area contributed by atoms with Gasteiger partial charge in [0, 0.05) is 18.7 Å². The first-order valence-corrected chi connectivity index (χ1v) is 10.5. The Bertz CT molecular complexity index is 795. The van der Waals surface area contributed by atoms with Crippen LogP contribution in [0, 0.1) is 23.7 Å². The minimum Gasteiger partial charge on any atom is -0.285 e. The van der Waals surface area contributed by atoms with Crippen molar-refractivity contribution in [2.45, 2.75) is 24.2 Å². The van der Waals surface area contributed by atoms with E-state index >= 15 is 0 Å². The molecule has 4 atom stereocenters. The van der Waals surface area contributed by atoms with E-state index in [-0.39, 0.29) is 15.8 Å². The third kappa shape index (κ3) is 2.97. The third-order valence-corrected chi connectivity index (χ3v) is 8.04. The summed E-state index contributed by atoms with van der Waals surface area (Å²) in [7, 11) is -2.39. The predicted octanol–water partition coefficient (Wildman–Crippen LogP) is 1.87. The number of carbonyl (C=O) groups is 1. The first kappa shape index (κ1) is 17.3. The molecule has 1 amide bonds. The molecule has 3 fully saturated rings. The van der Waals surface area contributed by atoms with Crippen molar-refractivity contribution in [3.8, 4) is 0 Å². The normalized spacial score (nSPS) is 31.3. The summed E-state index contributed by atoms with van der Waals surface area (Å²) in [6.07, 6.45) is 4.02. The minimum atomic E-state index is -3.71. The van der Waals surface area contributed by atoms with E-state index in [1.165, 1.54) is 38.4 Å². The fraction of sp³-hybridized carbons (Fsp3) is 0.588. The molecule has 4 unspecified atom stereocenters. The lowest BCUT2D eigenvalue weighted by molar-refractivity contribution is 0.0809. The van der Waals surface area contributed by atoms with Gasteiger partial charge in [0.05, 0.1) is 5.02 Å². The van der Waals surface area contributed by atoms with Crippen LogP contribution in [0.3, 0.4) is 0 Å². The fourth-order valence-corrected chi connectivity index (χ4v) is 6.19. The van der Waals surface area contributed by atoms with Crippen LogP contribution in [0.15, 0.2) is 23.1 Å². The number of hydrogen-bond acceptors (Lipinski definition) is 4. The van der Waals surface area contributed by atoms with Crippen molar-refractivity contribution in [1.29, 1.82) is 0 Å². The second-order valence-electron chi connectivity index (χ2n) is 7.36. The van der Waals surface area contributed by atoms with Gasteiger partial charge in [0.1, 0.15) is 4.90 Å². The van der Waals surface area contributed by atoms with Crippen molar-refractivity contribution >= 4 is 27.5 Å². The smallest absolute Gasteiger partial charge is 0.265 e. The Morgan fingerprint density at radius 2 is 1.84 bits per heavy atom. The van der Waals surface area contributed by atoms with Crippen LogP contribution in [-0.4, -0.2) is 39.5 Å². The molecular weight excluding hydrogens is 362 g/mol. The lowest BCUT2D eigenvalue weighted by Crippen LogP contribution is -2.41. The van der Waals surface area contributed by atoms with Crippen LogP contribution in [0.2, 0.25) is 5.02 Å². The van der Waals surface area contributed by atoms with Gasteiger partial charge >= 0.3 is 0 Å². The lowest BCUT2D eigenvalue weighted by Gasteiger charge is -2.22. The number of hydrogen-bond donors (Lipinski definition) is 2. The van der Waals surface area contributed by atoms with E-state index in [9.17, 15) is 13.2 Å².